The summed E-state index contributed by atoms with van der Waals surface area (Å²) >= 11 is 0. The summed E-state index contributed by atoms with van der Waals surface area (Å²) in [6.07, 6.45) is 2.60. The van der Waals surface area contributed by atoms with E-state index in [2.05, 4.69) is 15.5 Å². The summed E-state index contributed by atoms with van der Waals surface area (Å²) in [7, 11) is 0. The molecule has 0 amide bonds. The Hall–Kier alpha value is -1.72. The maximum Gasteiger partial charge on any atom is 0.0969 e. The minimum atomic E-state index is -0.267. The zero-order valence-electron chi connectivity index (χ0n) is 11.4. The van der Waals surface area contributed by atoms with Crippen molar-refractivity contribution in [1.82, 2.24) is 20.3 Å². The number of para-hydroxylation sites is 1. The molecule has 1 aromatic carbocycles. The predicted octanol–water partition coefficient (Wildman–Crippen LogP) is 1.52. The molecule has 5 heteroatoms. The van der Waals surface area contributed by atoms with E-state index in [1.807, 2.05) is 44.2 Å². The van der Waals surface area contributed by atoms with Gasteiger partial charge < -0.3 is 10.4 Å². The summed E-state index contributed by atoms with van der Waals surface area (Å²) in [5, 5.41) is 21.3. The van der Waals surface area contributed by atoms with Gasteiger partial charge in [0.05, 0.1) is 24.2 Å². The van der Waals surface area contributed by atoms with Crippen molar-refractivity contribution in [2.75, 3.05) is 6.61 Å². The van der Waals surface area contributed by atoms with Crippen LogP contribution in [0.1, 0.15) is 26.0 Å². The van der Waals surface area contributed by atoms with Gasteiger partial charge in [0.1, 0.15) is 0 Å². The van der Waals surface area contributed by atoms with E-state index in [1.165, 1.54) is 0 Å². The third-order valence-corrected chi connectivity index (χ3v) is 3.35. The maximum absolute atomic E-state index is 9.34. The van der Waals surface area contributed by atoms with E-state index in [-0.39, 0.29) is 12.1 Å². The van der Waals surface area contributed by atoms with Gasteiger partial charge in [-0.15, -0.1) is 0 Å². The third kappa shape index (κ3) is 3.39. The third-order valence-electron chi connectivity index (χ3n) is 3.35. The minimum absolute atomic E-state index is 0.107. The Kier molecular flexibility index (Phi) is 4.29. The predicted molar refractivity (Wildman–Crippen MR) is 74.0 cm³/mol. The molecule has 2 aromatic rings. The lowest BCUT2D eigenvalue weighted by Crippen LogP contribution is -2.44. The summed E-state index contributed by atoms with van der Waals surface area (Å²) in [4.78, 5) is 1.61. The van der Waals surface area contributed by atoms with Crippen molar-refractivity contribution in [1.29, 1.82) is 0 Å². The Balaban J connectivity index is 2.02. The molecule has 0 saturated heterocycles. The molecule has 19 heavy (non-hydrogen) atoms. The molecule has 1 atom stereocenters. The molecule has 0 aliphatic carbocycles. The van der Waals surface area contributed by atoms with Gasteiger partial charge in [0.25, 0.3) is 0 Å². The molecule has 0 bridgehead atoms. The molecule has 0 aliphatic heterocycles. The van der Waals surface area contributed by atoms with Gasteiger partial charge in [-0.3, -0.25) is 0 Å². The van der Waals surface area contributed by atoms with E-state index in [9.17, 15) is 5.11 Å². The van der Waals surface area contributed by atoms with Gasteiger partial charge in [-0.05, 0) is 25.5 Å². The highest BCUT2D eigenvalue weighted by Gasteiger charge is 2.20. The molecule has 1 unspecified atom stereocenters. The molecule has 0 spiro atoms. The van der Waals surface area contributed by atoms with Crippen LogP contribution in [0.25, 0.3) is 5.69 Å². The van der Waals surface area contributed by atoms with Crippen molar-refractivity contribution in [3.63, 3.8) is 0 Å². The molecule has 0 saturated carbocycles. The molecule has 1 heterocycles. The van der Waals surface area contributed by atoms with Gasteiger partial charge >= 0.3 is 0 Å². The van der Waals surface area contributed by atoms with Crippen LogP contribution in [0.5, 0.6) is 0 Å². The molecule has 1 aromatic heterocycles. The van der Waals surface area contributed by atoms with Crippen LogP contribution >= 0.6 is 0 Å². The van der Waals surface area contributed by atoms with Crippen molar-refractivity contribution in [2.24, 2.45) is 0 Å². The van der Waals surface area contributed by atoms with Gasteiger partial charge in [0, 0.05) is 12.1 Å². The first-order valence-corrected chi connectivity index (χ1v) is 6.49. The Labute approximate surface area is 113 Å². The highest BCUT2D eigenvalue weighted by Crippen LogP contribution is 2.09. The van der Waals surface area contributed by atoms with Gasteiger partial charge in [0.2, 0.25) is 0 Å². The Bertz CT molecular complexity index is 505. The first-order valence-electron chi connectivity index (χ1n) is 6.49. The number of nitrogens with zero attached hydrogens (tertiary/aromatic N) is 3. The van der Waals surface area contributed by atoms with Crippen LogP contribution in [0.15, 0.2) is 36.5 Å². The van der Waals surface area contributed by atoms with Crippen LogP contribution < -0.4 is 5.32 Å². The highest BCUT2D eigenvalue weighted by atomic mass is 16.3. The summed E-state index contributed by atoms with van der Waals surface area (Å²) in [5.74, 6) is 0. The van der Waals surface area contributed by atoms with Gasteiger partial charge in [0.15, 0.2) is 0 Å². The van der Waals surface area contributed by atoms with E-state index < -0.39 is 0 Å². The molecule has 2 rings (SSSR count). The van der Waals surface area contributed by atoms with E-state index in [0.29, 0.717) is 6.54 Å². The number of rotatable bonds is 6. The number of benzene rings is 1. The molecule has 0 aliphatic rings. The van der Waals surface area contributed by atoms with Crippen LogP contribution in [-0.2, 0) is 6.54 Å². The van der Waals surface area contributed by atoms with E-state index in [4.69, 9.17) is 0 Å². The number of aliphatic hydroxyl groups excluding tert-OH is 1. The lowest BCUT2D eigenvalue weighted by Gasteiger charge is -2.26. The first kappa shape index (κ1) is 13.7. The van der Waals surface area contributed by atoms with Crippen molar-refractivity contribution < 1.29 is 5.11 Å². The monoisotopic (exact) mass is 260 g/mol. The first-order chi connectivity index (χ1) is 9.17. The zero-order chi connectivity index (χ0) is 13.7. The van der Waals surface area contributed by atoms with Crippen molar-refractivity contribution in [2.45, 2.75) is 32.4 Å². The van der Waals surface area contributed by atoms with Crippen molar-refractivity contribution in [3.8, 4) is 5.69 Å². The number of aromatic nitrogens is 3. The summed E-state index contributed by atoms with van der Waals surface area (Å²) in [6.45, 7) is 4.74. The van der Waals surface area contributed by atoms with Crippen LogP contribution in [0.3, 0.4) is 0 Å². The number of hydrogen-bond acceptors (Lipinski definition) is 4. The quantitative estimate of drug-likeness (QED) is 0.826. The molecule has 0 radical (unpaired) electrons. The molecule has 0 fully saturated rings. The van der Waals surface area contributed by atoms with Gasteiger partial charge in [-0.25, -0.2) is 0 Å². The molecular formula is C14H20N4O. The number of nitrogens with one attached hydrogen (secondary N) is 1. The topological polar surface area (TPSA) is 63.0 Å². The van der Waals surface area contributed by atoms with Crippen LogP contribution in [0, 0.1) is 0 Å². The lowest BCUT2D eigenvalue weighted by molar-refractivity contribution is 0.168. The Morgan fingerprint density at radius 2 is 2.05 bits per heavy atom. The highest BCUT2D eigenvalue weighted by molar-refractivity contribution is 5.28. The number of aliphatic hydroxyl groups is 1. The minimum Gasteiger partial charge on any atom is -0.394 e. The second kappa shape index (κ2) is 5.95. The van der Waals surface area contributed by atoms with Gasteiger partial charge in [-0.1, -0.05) is 25.1 Å². The normalized spacial score (nSPS) is 14.3. The average molecular weight is 260 g/mol. The van der Waals surface area contributed by atoms with Crippen molar-refractivity contribution in [3.05, 3.63) is 42.2 Å². The van der Waals surface area contributed by atoms with Crippen molar-refractivity contribution >= 4 is 0 Å². The molecule has 102 valence electrons. The molecule has 5 nitrogen and oxygen atoms in total. The summed E-state index contributed by atoms with van der Waals surface area (Å²) < 4.78 is 0. The lowest BCUT2D eigenvalue weighted by atomic mass is 10.0. The zero-order valence-corrected chi connectivity index (χ0v) is 11.4. The molecule has 2 N–H and O–H groups in total. The standard InChI is InChI=1S/C14H20N4O/c1-3-14(2,11-19)15-9-12-10-16-18(17-12)13-7-5-4-6-8-13/h4-8,10,15,19H,3,9,11H2,1-2H3. The fourth-order valence-electron chi connectivity index (χ4n) is 1.66. The fourth-order valence-corrected chi connectivity index (χ4v) is 1.66. The summed E-state index contributed by atoms with van der Waals surface area (Å²) in [6, 6.07) is 9.79. The average Bonchev–Trinajstić information content (AvgIpc) is 2.95. The molecular weight excluding hydrogens is 240 g/mol. The smallest absolute Gasteiger partial charge is 0.0969 e. The van der Waals surface area contributed by atoms with E-state index in [0.717, 1.165) is 17.8 Å². The Morgan fingerprint density at radius 1 is 1.32 bits per heavy atom. The van der Waals surface area contributed by atoms with Gasteiger partial charge in [-0.2, -0.15) is 15.0 Å². The largest absolute Gasteiger partial charge is 0.394 e. The fraction of sp³-hybridized carbons (Fsp3) is 0.429. The van der Waals surface area contributed by atoms with Crippen LogP contribution in [0.2, 0.25) is 0 Å². The maximum atomic E-state index is 9.34. The van der Waals surface area contributed by atoms with Crippen LogP contribution in [0.4, 0.5) is 0 Å². The second-order valence-corrected chi connectivity index (χ2v) is 4.89. The SMILES string of the molecule is CCC(C)(CO)NCc1cnn(-c2ccccc2)n1. The van der Waals surface area contributed by atoms with E-state index >= 15 is 0 Å². The summed E-state index contributed by atoms with van der Waals surface area (Å²) in [5.41, 5.74) is 1.53. The van der Waals surface area contributed by atoms with Crippen LogP contribution in [-0.4, -0.2) is 32.2 Å². The second-order valence-electron chi connectivity index (χ2n) is 4.89. The number of hydrogen-bond donors (Lipinski definition) is 2. The Morgan fingerprint density at radius 3 is 2.68 bits per heavy atom. The van der Waals surface area contributed by atoms with E-state index in [1.54, 1.807) is 11.0 Å².